The Morgan fingerprint density at radius 2 is 2.07 bits per heavy atom. The summed E-state index contributed by atoms with van der Waals surface area (Å²) in [6.45, 7) is 0.985. The molecule has 0 aliphatic carbocycles. The predicted molar refractivity (Wildman–Crippen MR) is 58.3 cm³/mol. The molecule has 0 aliphatic rings. The molecule has 0 atom stereocenters. The van der Waals surface area contributed by atoms with Gasteiger partial charge in [0.05, 0.1) is 7.11 Å². The van der Waals surface area contributed by atoms with Gasteiger partial charge in [-0.1, -0.05) is 0 Å². The SMILES string of the molecule is CNCc1cc(OC)ccc1OCOC. The van der Waals surface area contributed by atoms with E-state index in [-0.39, 0.29) is 6.79 Å². The van der Waals surface area contributed by atoms with Crippen LogP contribution in [-0.2, 0) is 11.3 Å². The van der Waals surface area contributed by atoms with Crippen LogP contribution in [0.15, 0.2) is 18.2 Å². The highest BCUT2D eigenvalue weighted by atomic mass is 16.7. The zero-order valence-corrected chi connectivity index (χ0v) is 9.37. The first-order valence-corrected chi connectivity index (χ1v) is 4.75. The normalized spacial score (nSPS) is 10.1. The summed E-state index contributed by atoms with van der Waals surface area (Å²) >= 11 is 0. The highest BCUT2D eigenvalue weighted by molar-refractivity contribution is 5.40. The number of hydrogen-bond acceptors (Lipinski definition) is 4. The van der Waals surface area contributed by atoms with Crippen molar-refractivity contribution in [3.8, 4) is 11.5 Å². The van der Waals surface area contributed by atoms with Gasteiger partial charge in [0.15, 0.2) is 6.79 Å². The number of benzene rings is 1. The number of rotatable bonds is 6. The fourth-order valence-electron chi connectivity index (χ4n) is 1.27. The van der Waals surface area contributed by atoms with Crippen molar-refractivity contribution in [2.24, 2.45) is 0 Å². The third-order valence-corrected chi connectivity index (χ3v) is 1.97. The highest BCUT2D eigenvalue weighted by Crippen LogP contribution is 2.23. The summed E-state index contributed by atoms with van der Waals surface area (Å²) in [7, 11) is 5.13. The second kappa shape index (κ2) is 6.27. The van der Waals surface area contributed by atoms with E-state index in [4.69, 9.17) is 14.2 Å². The Morgan fingerprint density at radius 1 is 1.27 bits per heavy atom. The van der Waals surface area contributed by atoms with Crippen LogP contribution in [0.5, 0.6) is 11.5 Å². The van der Waals surface area contributed by atoms with Gasteiger partial charge in [0, 0.05) is 19.2 Å². The average Bonchev–Trinajstić information content (AvgIpc) is 2.27. The number of hydrogen-bond donors (Lipinski definition) is 1. The standard InChI is InChI=1S/C11H17NO3/c1-12-7-9-6-10(14-3)4-5-11(9)15-8-13-2/h4-6,12H,7-8H2,1-3H3. The van der Waals surface area contributed by atoms with Gasteiger partial charge in [0.1, 0.15) is 11.5 Å². The summed E-state index contributed by atoms with van der Waals surface area (Å²) in [5.74, 6) is 1.64. The van der Waals surface area contributed by atoms with Crippen molar-refractivity contribution in [2.75, 3.05) is 28.1 Å². The number of methoxy groups -OCH3 is 2. The summed E-state index contributed by atoms with van der Waals surface area (Å²) in [6, 6.07) is 5.69. The molecule has 0 fully saturated rings. The minimum Gasteiger partial charge on any atom is -0.497 e. The largest absolute Gasteiger partial charge is 0.497 e. The fourth-order valence-corrected chi connectivity index (χ4v) is 1.27. The molecular weight excluding hydrogens is 194 g/mol. The van der Waals surface area contributed by atoms with Crippen LogP contribution in [0.25, 0.3) is 0 Å². The number of ether oxygens (including phenoxy) is 3. The third kappa shape index (κ3) is 3.42. The molecule has 1 rings (SSSR count). The van der Waals surface area contributed by atoms with E-state index < -0.39 is 0 Å². The first kappa shape index (κ1) is 11.8. The molecule has 15 heavy (non-hydrogen) atoms. The topological polar surface area (TPSA) is 39.7 Å². The van der Waals surface area contributed by atoms with Crippen LogP contribution in [0.3, 0.4) is 0 Å². The van der Waals surface area contributed by atoms with E-state index in [9.17, 15) is 0 Å². The first-order chi connectivity index (χ1) is 7.31. The van der Waals surface area contributed by atoms with E-state index in [0.717, 1.165) is 23.6 Å². The molecule has 4 heteroatoms. The molecule has 0 amide bonds. The van der Waals surface area contributed by atoms with Crippen molar-refractivity contribution in [3.63, 3.8) is 0 Å². The second-order valence-electron chi connectivity index (χ2n) is 3.05. The van der Waals surface area contributed by atoms with E-state index in [1.165, 1.54) is 0 Å². The van der Waals surface area contributed by atoms with Gasteiger partial charge in [-0.2, -0.15) is 0 Å². The quantitative estimate of drug-likeness (QED) is 0.722. The molecular formula is C11H17NO3. The lowest BCUT2D eigenvalue weighted by atomic mass is 10.2. The van der Waals surface area contributed by atoms with Crippen LogP contribution in [-0.4, -0.2) is 28.1 Å². The van der Waals surface area contributed by atoms with Gasteiger partial charge >= 0.3 is 0 Å². The first-order valence-electron chi connectivity index (χ1n) is 4.75. The molecule has 1 N–H and O–H groups in total. The van der Waals surface area contributed by atoms with Crippen molar-refractivity contribution >= 4 is 0 Å². The molecule has 0 unspecified atom stereocenters. The van der Waals surface area contributed by atoms with Gasteiger partial charge in [-0.05, 0) is 25.2 Å². The minimum absolute atomic E-state index is 0.253. The van der Waals surface area contributed by atoms with Crippen molar-refractivity contribution < 1.29 is 14.2 Å². The maximum absolute atomic E-state index is 5.42. The second-order valence-corrected chi connectivity index (χ2v) is 3.05. The Hall–Kier alpha value is -1.26. The molecule has 0 bridgehead atoms. The smallest absolute Gasteiger partial charge is 0.188 e. The molecule has 0 saturated carbocycles. The number of nitrogens with one attached hydrogen (secondary N) is 1. The Morgan fingerprint density at radius 3 is 2.67 bits per heavy atom. The monoisotopic (exact) mass is 211 g/mol. The van der Waals surface area contributed by atoms with Crippen molar-refractivity contribution in [1.29, 1.82) is 0 Å². The zero-order valence-electron chi connectivity index (χ0n) is 9.37. The van der Waals surface area contributed by atoms with E-state index in [1.54, 1.807) is 14.2 Å². The maximum Gasteiger partial charge on any atom is 0.188 e. The lowest BCUT2D eigenvalue weighted by Gasteiger charge is -2.11. The Bertz CT molecular complexity index is 302. The van der Waals surface area contributed by atoms with Crippen LogP contribution >= 0.6 is 0 Å². The maximum atomic E-state index is 5.42. The third-order valence-electron chi connectivity index (χ3n) is 1.97. The van der Waals surface area contributed by atoms with Gasteiger partial charge in [-0.25, -0.2) is 0 Å². The lowest BCUT2D eigenvalue weighted by Crippen LogP contribution is -2.08. The van der Waals surface area contributed by atoms with Crippen molar-refractivity contribution in [2.45, 2.75) is 6.54 Å². The van der Waals surface area contributed by atoms with E-state index >= 15 is 0 Å². The van der Waals surface area contributed by atoms with Crippen LogP contribution in [0, 0.1) is 0 Å². The molecule has 4 nitrogen and oxygen atoms in total. The predicted octanol–water partition coefficient (Wildman–Crippen LogP) is 1.40. The van der Waals surface area contributed by atoms with Gasteiger partial charge in [0.25, 0.3) is 0 Å². The Balaban J connectivity index is 2.82. The van der Waals surface area contributed by atoms with Crippen molar-refractivity contribution in [1.82, 2.24) is 5.32 Å². The lowest BCUT2D eigenvalue weighted by molar-refractivity contribution is 0.0503. The molecule has 0 aromatic heterocycles. The van der Waals surface area contributed by atoms with E-state index in [0.29, 0.717) is 0 Å². The average molecular weight is 211 g/mol. The zero-order chi connectivity index (χ0) is 11.1. The molecule has 0 spiro atoms. The van der Waals surface area contributed by atoms with Gasteiger partial charge in [0.2, 0.25) is 0 Å². The minimum atomic E-state index is 0.253. The molecule has 1 aromatic carbocycles. The summed E-state index contributed by atoms with van der Waals surface area (Å²) in [6.07, 6.45) is 0. The summed E-state index contributed by atoms with van der Waals surface area (Å²) in [4.78, 5) is 0. The van der Waals surface area contributed by atoms with Crippen molar-refractivity contribution in [3.05, 3.63) is 23.8 Å². The molecule has 0 aliphatic heterocycles. The van der Waals surface area contributed by atoms with Crippen LogP contribution in [0.4, 0.5) is 0 Å². The van der Waals surface area contributed by atoms with Gasteiger partial charge < -0.3 is 19.5 Å². The van der Waals surface area contributed by atoms with E-state index in [2.05, 4.69) is 5.32 Å². The molecule has 0 saturated heterocycles. The van der Waals surface area contributed by atoms with E-state index in [1.807, 2.05) is 25.2 Å². The van der Waals surface area contributed by atoms with Gasteiger partial charge in [-0.3, -0.25) is 0 Å². The Labute approximate surface area is 90.1 Å². The molecule has 0 radical (unpaired) electrons. The Kier molecular flexibility index (Phi) is 4.93. The molecule has 0 heterocycles. The van der Waals surface area contributed by atoms with Crippen LogP contribution < -0.4 is 14.8 Å². The summed E-state index contributed by atoms with van der Waals surface area (Å²) in [5, 5.41) is 3.08. The molecule has 84 valence electrons. The van der Waals surface area contributed by atoms with Gasteiger partial charge in [-0.15, -0.1) is 0 Å². The highest BCUT2D eigenvalue weighted by Gasteiger charge is 2.04. The fraction of sp³-hybridized carbons (Fsp3) is 0.455. The van der Waals surface area contributed by atoms with Crippen LogP contribution in [0.1, 0.15) is 5.56 Å². The molecule has 1 aromatic rings. The summed E-state index contributed by atoms with van der Waals surface area (Å²) in [5.41, 5.74) is 1.05. The van der Waals surface area contributed by atoms with Crippen LogP contribution in [0.2, 0.25) is 0 Å². The summed E-state index contributed by atoms with van der Waals surface area (Å²) < 4.78 is 15.4.